The van der Waals surface area contributed by atoms with Gasteiger partial charge in [0.1, 0.15) is 0 Å². The van der Waals surface area contributed by atoms with E-state index in [1.165, 1.54) is 43.8 Å². The molecule has 5 rings (SSSR count). The molecule has 0 saturated carbocycles. The van der Waals surface area contributed by atoms with E-state index in [0.717, 1.165) is 12.1 Å². The van der Waals surface area contributed by atoms with Crippen molar-refractivity contribution >= 4 is 35.1 Å². The summed E-state index contributed by atoms with van der Waals surface area (Å²) in [5, 5.41) is 4.01. The molecule has 0 fully saturated rings. The average molecular weight is 449 g/mol. The molecule has 0 amide bonds. The van der Waals surface area contributed by atoms with Crippen LogP contribution in [-0.4, -0.2) is 17.6 Å². The Morgan fingerprint density at radius 3 is 2.21 bits per heavy atom. The minimum Gasteiger partial charge on any atom is -0.309 e. The average Bonchev–Trinajstić information content (AvgIpc) is 3.12. The number of aromatic nitrogens is 2. The number of hydrogen-bond acceptors (Lipinski definition) is 1. The highest BCUT2D eigenvalue weighted by Gasteiger charge is 2.23. The Hall–Kier alpha value is -3.17. The van der Waals surface area contributed by atoms with Crippen LogP contribution in [0.25, 0.3) is 38.8 Å². The number of rotatable bonds is 5. The van der Waals surface area contributed by atoms with Crippen LogP contribution in [0.2, 0.25) is 19.6 Å². The molecule has 2 nitrogen and oxygen atoms in total. The molecule has 0 saturated heterocycles. The van der Waals surface area contributed by atoms with Gasteiger partial charge in [0, 0.05) is 28.2 Å². The van der Waals surface area contributed by atoms with Crippen molar-refractivity contribution in [2.45, 2.75) is 39.9 Å². The second kappa shape index (κ2) is 8.31. The van der Waals surface area contributed by atoms with Crippen molar-refractivity contribution in [2.75, 3.05) is 0 Å². The van der Waals surface area contributed by atoms with Crippen LogP contribution in [0.5, 0.6) is 0 Å². The van der Waals surface area contributed by atoms with Gasteiger partial charge in [0.05, 0.1) is 24.8 Å². The highest BCUT2D eigenvalue weighted by Crippen LogP contribution is 2.34. The third kappa shape index (κ3) is 4.02. The SMILES string of the molecule is CC(C)Cc1cnc(-c2ccc3c(c2)c2ccccc2n3-c2ccccc2)c([Si](C)(C)C)c1. The largest absolute Gasteiger partial charge is 0.309 e. The molecule has 0 radical (unpaired) electrons. The van der Waals surface area contributed by atoms with Gasteiger partial charge in [-0.05, 0) is 53.4 Å². The van der Waals surface area contributed by atoms with Crippen LogP contribution in [0, 0.1) is 5.92 Å². The molecular formula is C30H32N2Si. The first kappa shape index (κ1) is 21.7. The molecule has 2 heterocycles. The van der Waals surface area contributed by atoms with Gasteiger partial charge < -0.3 is 4.57 Å². The smallest absolute Gasteiger partial charge is 0.0804 e. The first-order valence-electron chi connectivity index (χ1n) is 11.9. The minimum atomic E-state index is -1.58. The number of para-hydroxylation sites is 2. The zero-order valence-corrected chi connectivity index (χ0v) is 21.3. The summed E-state index contributed by atoms with van der Waals surface area (Å²) in [6.45, 7) is 11.8. The molecule has 0 spiro atoms. The number of pyridine rings is 1. The number of benzene rings is 3. The molecule has 0 aliphatic rings. The highest BCUT2D eigenvalue weighted by atomic mass is 28.3. The normalized spacial score (nSPS) is 12.2. The molecule has 0 N–H and O–H groups in total. The van der Waals surface area contributed by atoms with Gasteiger partial charge in [0.2, 0.25) is 0 Å². The van der Waals surface area contributed by atoms with Gasteiger partial charge in [-0.3, -0.25) is 4.98 Å². The Balaban J connectivity index is 1.74. The second-order valence-corrected chi connectivity index (χ2v) is 15.5. The molecule has 0 aliphatic heterocycles. The number of hydrogen-bond donors (Lipinski definition) is 0. The van der Waals surface area contributed by atoms with Crippen LogP contribution in [0.15, 0.2) is 85.1 Å². The first-order valence-corrected chi connectivity index (χ1v) is 15.4. The summed E-state index contributed by atoms with van der Waals surface area (Å²) in [6, 6.07) is 28.7. The molecule has 2 aromatic heterocycles. The fraction of sp³-hybridized carbons (Fsp3) is 0.233. The van der Waals surface area contributed by atoms with Crippen molar-refractivity contribution in [3.8, 4) is 16.9 Å². The standard InChI is InChI=1S/C30H32N2Si/c1-21(2)17-22-18-29(33(3,4)5)30(31-20-22)23-15-16-28-26(19-23)25-13-9-10-14-27(25)32(28)24-11-7-6-8-12-24/h6-16,18-21H,17H2,1-5H3. The van der Waals surface area contributed by atoms with Gasteiger partial charge in [0.25, 0.3) is 0 Å². The van der Waals surface area contributed by atoms with Crippen molar-refractivity contribution in [3.63, 3.8) is 0 Å². The number of fused-ring (bicyclic) bond motifs is 3. The first-order chi connectivity index (χ1) is 15.8. The Morgan fingerprint density at radius 2 is 1.48 bits per heavy atom. The van der Waals surface area contributed by atoms with E-state index in [9.17, 15) is 0 Å². The van der Waals surface area contributed by atoms with E-state index >= 15 is 0 Å². The number of nitrogens with zero attached hydrogens (tertiary/aromatic N) is 2. The molecule has 3 heteroatoms. The fourth-order valence-corrected chi connectivity index (χ4v) is 6.41. The van der Waals surface area contributed by atoms with E-state index < -0.39 is 8.07 Å². The molecule has 0 bridgehead atoms. The van der Waals surface area contributed by atoms with Crippen molar-refractivity contribution in [1.29, 1.82) is 0 Å². The van der Waals surface area contributed by atoms with Crippen LogP contribution >= 0.6 is 0 Å². The Morgan fingerprint density at radius 1 is 0.788 bits per heavy atom. The zero-order chi connectivity index (χ0) is 23.2. The lowest BCUT2D eigenvalue weighted by Crippen LogP contribution is -2.40. The lowest BCUT2D eigenvalue weighted by atomic mass is 10.0. The van der Waals surface area contributed by atoms with Gasteiger partial charge in [-0.2, -0.15) is 0 Å². The zero-order valence-electron chi connectivity index (χ0n) is 20.3. The fourth-order valence-electron chi connectivity index (χ4n) is 4.87. The molecular weight excluding hydrogens is 416 g/mol. The van der Waals surface area contributed by atoms with Gasteiger partial charge in [-0.1, -0.05) is 82.0 Å². The molecule has 0 atom stereocenters. The predicted octanol–water partition coefficient (Wildman–Crippen LogP) is 7.59. The summed E-state index contributed by atoms with van der Waals surface area (Å²) >= 11 is 0. The summed E-state index contributed by atoms with van der Waals surface area (Å²) < 4.78 is 2.37. The van der Waals surface area contributed by atoms with Gasteiger partial charge in [0.15, 0.2) is 0 Å². The van der Waals surface area contributed by atoms with Gasteiger partial charge in [-0.25, -0.2) is 0 Å². The highest BCUT2D eigenvalue weighted by molar-refractivity contribution is 6.89. The lowest BCUT2D eigenvalue weighted by molar-refractivity contribution is 0.646. The maximum absolute atomic E-state index is 5.05. The van der Waals surface area contributed by atoms with E-state index in [-0.39, 0.29) is 0 Å². The Bertz CT molecular complexity index is 1440. The summed E-state index contributed by atoms with van der Waals surface area (Å²) in [6.07, 6.45) is 3.17. The minimum absolute atomic E-state index is 0.632. The quantitative estimate of drug-likeness (QED) is 0.253. The van der Waals surface area contributed by atoms with E-state index in [1.807, 2.05) is 0 Å². The van der Waals surface area contributed by atoms with Gasteiger partial charge >= 0.3 is 0 Å². The molecule has 0 aliphatic carbocycles. The van der Waals surface area contributed by atoms with Crippen molar-refractivity contribution in [3.05, 3.63) is 90.6 Å². The van der Waals surface area contributed by atoms with Crippen LogP contribution < -0.4 is 5.19 Å². The van der Waals surface area contributed by atoms with E-state index in [0.29, 0.717) is 5.92 Å². The summed E-state index contributed by atoms with van der Waals surface area (Å²) in [5.74, 6) is 0.632. The Labute approximate surface area is 197 Å². The van der Waals surface area contributed by atoms with E-state index in [2.05, 4.69) is 123 Å². The lowest BCUT2D eigenvalue weighted by Gasteiger charge is -2.22. The maximum atomic E-state index is 5.05. The van der Waals surface area contributed by atoms with E-state index in [4.69, 9.17) is 4.98 Å². The molecule has 5 aromatic rings. The predicted molar refractivity (Wildman–Crippen MR) is 146 cm³/mol. The van der Waals surface area contributed by atoms with Gasteiger partial charge in [-0.15, -0.1) is 0 Å². The molecule has 33 heavy (non-hydrogen) atoms. The maximum Gasteiger partial charge on any atom is 0.0804 e. The summed E-state index contributed by atoms with van der Waals surface area (Å²) in [5.41, 5.74) is 7.38. The summed E-state index contributed by atoms with van der Waals surface area (Å²) in [7, 11) is -1.58. The van der Waals surface area contributed by atoms with Crippen molar-refractivity contribution in [2.24, 2.45) is 5.92 Å². The molecule has 3 aromatic carbocycles. The third-order valence-electron chi connectivity index (χ3n) is 6.36. The molecule has 0 unspecified atom stereocenters. The van der Waals surface area contributed by atoms with E-state index in [1.54, 1.807) is 0 Å². The van der Waals surface area contributed by atoms with Crippen LogP contribution in [0.1, 0.15) is 19.4 Å². The third-order valence-corrected chi connectivity index (χ3v) is 8.35. The van der Waals surface area contributed by atoms with Crippen LogP contribution in [0.3, 0.4) is 0 Å². The molecule has 166 valence electrons. The van der Waals surface area contributed by atoms with Crippen molar-refractivity contribution < 1.29 is 0 Å². The Kier molecular flexibility index (Phi) is 5.45. The van der Waals surface area contributed by atoms with Crippen molar-refractivity contribution in [1.82, 2.24) is 9.55 Å². The summed E-state index contributed by atoms with van der Waals surface area (Å²) in [4.78, 5) is 5.05. The second-order valence-electron chi connectivity index (χ2n) is 10.5. The monoisotopic (exact) mass is 448 g/mol. The van der Waals surface area contributed by atoms with Crippen LogP contribution in [0.4, 0.5) is 0 Å². The van der Waals surface area contributed by atoms with Crippen LogP contribution in [-0.2, 0) is 6.42 Å². The topological polar surface area (TPSA) is 17.8 Å².